The maximum atomic E-state index is 13.1. The van der Waals surface area contributed by atoms with Gasteiger partial charge in [0.15, 0.2) is 5.17 Å². The van der Waals surface area contributed by atoms with Gasteiger partial charge in [0.25, 0.3) is 11.8 Å². The number of hydrogen-bond donors (Lipinski definition) is 2. The summed E-state index contributed by atoms with van der Waals surface area (Å²) in [5.74, 6) is -3.18. The number of para-hydroxylation sites is 1. The number of aliphatic imine (C=N–C) groups is 1. The van der Waals surface area contributed by atoms with Crippen molar-refractivity contribution >= 4 is 80.6 Å². The molecule has 0 unspecified atom stereocenters. The predicted octanol–water partition coefficient (Wildman–Crippen LogP) is 5.73. The van der Waals surface area contributed by atoms with Gasteiger partial charge in [-0.1, -0.05) is 35.3 Å². The summed E-state index contributed by atoms with van der Waals surface area (Å²) in [6, 6.07) is 12.4. The van der Waals surface area contributed by atoms with Crippen LogP contribution in [-0.2, 0) is 14.3 Å². The molecule has 0 saturated carbocycles. The molecule has 15 heteroatoms. The molecule has 2 N–H and O–H groups in total. The topological polar surface area (TPSA) is 121 Å². The number of amides is 2. The summed E-state index contributed by atoms with van der Waals surface area (Å²) in [7, 11) is 0. The number of thioether (sulfide) groups is 1. The molecule has 0 radical (unpaired) electrons. The zero-order valence-electron chi connectivity index (χ0n) is 20.7. The lowest BCUT2D eigenvalue weighted by atomic mass is 10.0. The number of halogens is 5. The van der Waals surface area contributed by atoms with Crippen molar-refractivity contribution in [1.82, 2.24) is 9.88 Å². The summed E-state index contributed by atoms with van der Waals surface area (Å²) in [4.78, 5) is 45.2. The molecule has 5 rings (SSSR count). The molecule has 2 aliphatic rings. The molecule has 2 aromatic carbocycles. The Morgan fingerprint density at radius 1 is 1.10 bits per heavy atom. The maximum absolute atomic E-state index is 13.1. The van der Waals surface area contributed by atoms with Crippen molar-refractivity contribution in [1.29, 1.82) is 0 Å². The summed E-state index contributed by atoms with van der Waals surface area (Å²) in [6.45, 7) is 2.17. The minimum absolute atomic E-state index is 0.0572. The number of alkyl halides is 3. The van der Waals surface area contributed by atoms with Gasteiger partial charge in [0.05, 0.1) is 44.9 Å². The molecule has 0 spiro atoms. The molecular weight excluding hydrogens is 608 g/mol. The Morgan fingerprint density at radius 2 is 1.76 bits per heavy atom. The van der Waals surface area contributed by atoms with Crippen LogP contribution in [0.25, 0.3) is 17.0 Å². The van der Waals surface area contributed by atoms with E-state index in [1.165, 1.54) is 11.8 Å². The molecular formula is C26H19Cl2F3N4O5S. The van der Waals surface area contributed by atoms with Crippen molar-refractivity contribution in [2.24, 2.45) is 4.99 Å². The van der Waals surface area contributed by atoms with Crippen LogP contribution in [0.4, 0.5) is 18.9 Å². The molecule has 0 atom stereocenters. The quantitative estimate of drug-likeness (QED) is 0.354. The Balaban J connectivity index is 0.000000493. The number of carboxylic acid groups (broad SMARTS) is 1. The minimum Gasteiger partial charge on any atom is -0.475 e. The first-order valence-corrected chi connectivity index (χ1v) is 13.3. The Kier molecular flexibility index (Phi) is 9.53. The lowest BCUT2D eigenvalue weighted by Gasteiger charge is -2.27. The number of nitrogens with zero attached hydrogens (tertiary/aromatic N) is 3. The van der Waals surface area contributed by atoms with Crippen molar-refractivity contribution in [3.63, 3.8) is 0 Å². The number of anilines is 1. The van der Waals surface area contributed by atoms with Crippen molar-refractivity contribution in [2.75, 3.05) is 31.6 Å². The Bertz CT molecular complexity index is 1560. The fraction of sp³-hybridized carbons (Fsp3) is 0.192. The van der Waals surface area contributed by atoms with Crippen LogP contribution in [0.5, 0.6) is 0 Å². The SMILES string of the molecule is O=C(O)C(F)(F)F.O=C1N=C(Nc2c(Cl)cccc2Cl)S/C1=C\c1ccc2nccc(C(=O)N3CCOCC3)c2c1. The van der Waals surface area contributed by atoms with Gasteiger partial charge in [-0.05, 0) is 53.7 Å². The second-order valence-corrected chi connectivity index (χ2v) is 10.2. The lowest BCUT2D eigenvalue weighted by Crippen LogP contribution is -2.40. The van der Waals surface area contributed by atoms with E-state index in [2.05, 4.69) is 15.3 Å². The number of morpholine rings is 1. The number of carbonyl (C=O) groups is 3. The normalized spacial score (nSPS) is 16.3. The van der Waals surface area contributed by atoms with E-state index in [-0.39, 0.29) is 11.8 Å². The van der Waals surface area contributed by atoms with E-state index >= 15 is 0 Å². The first-order chi connectivity index (χ1) is 19.4. The summed E-state index contributed by atoms with van der Waals surface area (Å²) >= 11 is 13.6. The van der Waals surface area contributed by atoms with Gasteiger partial charge in [-0.3, -0.25) is 14.6 Å². The average molecular weight is 627 g/mol. The van der Waals surface area contributed by atoms with E-state index in [1.807, 2.05) is 18.2 Å². The zero-order valence-corrected chi connectivity index (χ0v) is 23.1. The van der Waals surface area contributed by atoms with E-state index in [4.69, 9.17) is 37.8 Å². The van der Waals surface area contributed by atoms with Crippen LogP contribution in [0, 0.1) is 0 Å². The number of rotatable bonds is 3. The minimum atomic E-state index is -5.08. The van der Waals surface area contributed by atoms with Crippen LogP contribution in [0.2, 0.25) is 10.0 Å². The number of benzene rings is 2. The summed E-state index contributed by atoms with van der Waals surface area (Å²) in [5, 5.41) is 12.1. The van der Waals surface area contributed by atoms with Gasteiger partial charge in [-0.2, -0.15) is 18.2 Å². The Labute approximate surface area is 245 Å². The van der Waals surface area contributed by atoms with Gasteiger partial charge in [0.2, 0.25) is 0 Å². The van der Waals surface area contributed by atoms with Crippen LogP contribution in [0.3, 0.4) is 0 Å². The van der Waals surface area contributed by atoms with Gasteiger partial charge >= 0.3 is 12.1 Å². The molecule has 2 aliphatic heterocycles. The number of carbonyl (C=O) groups excluding carboxylic acids is 2. The van der Waals surface area contributed by atoms with E-state index in [0.717, 1.165) is 10.9 Å². The van der Waals surface area contributed by atoms with Gasteiger partial charge in [0.1, 0.15) is 0 Å². The van der Waals surface area contributed by atoms with Crippen molar-refractivity contribution < 1.29 is 37.4 Å². The number of carboxylic acids is 1. The molecule has 1 aromatic heterocycles. The molecule has 41 heavy (non-hydrogen) atoms. The first-order valence-electron chi connectivity index (χ1n) is 11.7. The predicted molar refractivity (Wildman–Crippen MR) is 150 cm³/mol. The standard InChI is InChI=1S/C24H18Cl2N4O3S.C2HF3O2/c25-17-2-1-3-18(26)21(17)28-24-29-22(31)20(34-24)13-14-4-5-19-16(12-14)15(6-7-27-19)23(32)30-8-10-33-11-9-30;3-2(4,5)1(6)7/h1-7,12-13H,8-11H2,(H,28,29,31);(H,6,7)/b20-13-;. The summed E-state index contributed by atoms with van der Waals surface area (Å²) in [5.41, 5.74) is 2.54. The van der Waals surface area contributed by atoms with E-state index < -0.39 is 12.1 Å². The fourth-order valence-corrected chi connectivity index (χ4v) is 5.02. The fourth-order valence-electron chi connectivity index (χ4n) is 3.72. The molecule has 0 aliphatic carbocycles. The molecule has 9 nitrogen and oxygen atoms in total. The number of pyridine rings is 1. The van der Waals surface area contributed by atoms with Gasteiger partial charge < -0.3 is 20.1 Å². The number of amidine groups is 1. The molecule has 214 valence electrons. The molecule has 3 heterocycles. The van der Waals surface area contributed by atoms with Crippen LogP contribution < -0.4 is 5.32 Å². The highest BCUT2D eigenvalue weighted by Crippen LogP contribution is 2.35. The highest BCUT2D eigenvalue weighted by molar-refractivity contribution is 8.18. The highest BCUT2D eigenvalue weighted by Gasteiger charge is 2.38. The Hall–Kier alpha value is -3.65. The number of hydrogen-bond acceptors (Lipinski definition) is 7. The molecule has 0 bridgehead atoms. The van der Waals surface area contributed by atoms with E-state index in [9.17, 15) is 22.8 Å². The first kappa shape index (κ1) is 30.3. The molecule has 3 aromatic rings. The maximum Gasteiger partial charge on any atom is 0.490 e. The van der Waals surface area contributed by atoms with Crippen LogP contribution >= 0.6 is 35.0 Å². The molecule has 1 fully saturated rings. The van der Waals surface area contributed by atoms with Crippen molar-refractivity contribution in [3.05, 3.63) is 74.7 Å². The Morgan fingerprint density at radius 3 is 2.39 bits per heavy atom. The third kappa shape index (κ3) is 7.55. The van der Waals surface area contributed by atoms with Gasteiger partial charge in [0, 0.05) is 24.7 Å². The third-order valence-corrected chi connectivity index (χ3v) is 7.18. The zero-order chi connectivity index (χ0) is 29.7. The van der Waals surface area contributed by atoms with Crippen molar-refractivity contribution in [2.45, 2.75) is 6.18 Å². The van der Waals surface area contributed by atoms with Crippen LogP contribution in [0.15, 0.2) is 58.6 Å². The largest absolute Gasteiger partial charge is 0.490 e. The number of fused-ring (bicyclic) bond motifs is 1. The van der Waals surface area contributed by atoms with Crippen LogP contribution in [0.1, 0.15) is 15.9 Å². The average Bonchev–Trinajstić information content (AvgIpc) is 3.28. The number of ether oxygens (including phenoxy) is 1. The van der Waals surface area contributed by atoms with E-state index in [0.29, 0.717) is 63.2 Å². The van der Waals surface area contributed by atoms with Gasteiger partial charge in [-0.15, -0.1) is 0 Å². The highest BCUT2D eigenvalue weighted by atomic mass is 35.5. The lowest BCUT2D eigenvalue weighted by molar-refractivity contribution is -0.192. The van der Waals surface area contributed by atoms with Crippen LogP contribution in [-0.4, -0.2) is 70.4 Å². The number of aliphatic carboxylic acids is 1. The summed E-state index contributed by atoms with van der Waals surface area (Å²) < 4.78 is 37.1. The second kappa shape index (κ2) is 12.9. The number of aromatic nitrogens is 1. The smallest absolute Gasteiger partial charge is 0.475 e. The second-order valence-electron chi connectivity index (χ2n) is 8.40. The van der Waals surface area contributed by atoms with Gasteiger partial charge in [-0.25, -0.2) is 4.79 Å². The monoisotopic (exact) mass is 626 g/mol. The summed E-state index contributed by atoms with van der Waals surface area (Å²) in [6.07, 6.45) is -1.70. The van der Waals surface area contributed by atoms with Crippen molar-refractivity contribution in [3.8, 4) is 0 Å². The third-order valence-electron chi connectivity index (χ3n) is 5.65. The molecule has 1 saturated heterocycles. The van der Waals surface area contributed by atoms with E-state index in [1.54, 1.807) is 41.4 Å². The molecule has 2 amide bonds. The number of nitrogens with one attached hydrogen (secondary N) is 1.